The molecule has 3 N–H and O–H groups in total. The SMILES string of the molecule is CC(C)CC(NC(=O)COc1cc(Cl)ccc1C(N)=O)c1ccccc1. The van der Waals surface area contributed by atoms with E-state index >= 15 is 0 Å². The van der Waals surface area contributed by atoms with Gasteiger partial charge in [0.1, 0.15) is 5.75 Å². The molecule has 0 spiro atoms. The van der Waals surface area contributed by atoms with Crippen molar-refractivity contribution < 1.29 is 14.3 Å². The van der Waals surface area contributed by atoms with Gasteiger partial charge in [0.2, 0.25) is 0 Å². The summed E-state index contributed by atoms with van der Waals surface area (Å²) >= 11 is 5.93. The zero-order chi connectivity index (χ0) is 19.1. The monoisotopic (exact) mass is 374 g/mol. The van der Waals surface area contributed by atoms with Crippen LogP contribution < -0.4 is 15.8 Å². The van der Waals surface area contributed by atoms with Crippen molar-refractivity contribution in [1.82, 2.24) is 5.32 Å². The maximum Gasteiger partial charge on any atom is 0.258 e. The van der Waals surface area contributed by atoms with Crippen LogP contribution in [0.3, 0.4) is 0 Å². The van der Waals surface area contributed by atoms with E-state index in [1.165, 1.54) is 12.1 Å². The van der Waals surface area contributed by atoms with Gasteiger partial charge in [0, 0.05) is 5.02 Å². The van der Waals surface area contributed by atoms with Gasteiger partial charge in [0.25, 0.3) is 11.8 Å². The number of hydrogen-bond donors (Lipinski definition) is 2. The zero-order valence-corrected chi connectivity index (χ0v) is 15.6. The summed E-state index contributed by atoms with van der Waals surface area (Å²) in [5.41, 5.74) is 6.54. The van der Waals surface area contributed by atoms with E-state index in [-0.39, 0.29) is 29.9 Å². The van der Waals surface area contributed by atoms with Crippen molar-refractivity contribution in [1.29, 1.82) is 0 Å². The number of amides is 2. The van der Waals surface area contributed by atoms with Crippen molar-refractivity contribution in [3.05, 3.63) is 64.7 Å². The number of hydrogen-bond acceptors (Lipinski definition) is 3. The van der Waals surface area contributed by atoms with E-state index < -0.39 is 5.91 Å². The van der Waals surface area contributed by atoms with Crippen LogP contribution in [0.1, 0.15) is 42.2 Å². The zero-order valence-electron chi connectivity index (χ0n) is 14.9. The smallest absolute Gasteiger partial charge is 0.258 e. The lowest BCUT2D eigenvalue weighted by Crippen LogP contribution is -2.33. The van der Waals surface area contributed by atoms with Gasteiger partial charge in [-0.1, -0.05) is 55.8 Å². The Bertz CT molecular complexity index is 763. The molecule has 0 fully saturated rings. The average Bonchev–Trinajstić information content (AvgIpc) is 2.59. The molecule has 1 atom stereocenters. The third-order valence-electron chi connectivity index (χ3n) is 3.81. The average molecular weight is 375 g/mol. The molecule has 138 valence electrons. The topological polar surface area (TPSA) is 81.4 Å². The Balaban J connectivity index is 2.05. The first-order chi connectivity index (χ1) is 12.4. The number of nitrogens with one attached hydrogen (secondary N) is 1. The quantitative estimate of drug-likeness (QED) is 0.738. The summed E-state index contributed by atoms with van der Waals surface area (Å²) in [5.74, 6) is -0.315. The Morgan fingerprint density at radius 2 is 1.85 bits per heavy atom. The molecule has 2 aromatic carbocycles. The Kier molecular flexibility index (Phi) is 7.04. The summed E-state index contributed by atoms with van der Waals surface area (Å²) in [7, 11) is 0. The molecule has 5 nitrogen and oxygen atoms in total. The predicted octanol–water partition coefficient (Wildman–Crippen LogP) is 3.72. The summed E-state index contributed by atoms with van der Waals surface area (Å²) in [6, 6.07) is 14.2. The fraction of sp³-hybridized carbons (Fsp3) is 0.300. The molecule has 6 heteroatoms. The van der Waals surface area contributed by atoms with E-state index in [4.69, 9.17) is 22.1 Å². The van der Waals surface area contributed by atoms with Gasteiger partial charge >= 0.3 is 0 Å². The van der Waals surface area contributed by atoms with Gasteiger partial charge in [-0.05, 0) is 36.1 Å². The van der Waals surface area contributed by atoms with Crippen LogP contribution in [0, 0.1) is 5.92 Å². The van der Waals surface area contributed by atoms with Gasteiger partial charge in [-0.2, -0.15) is 0 Å². The molecule has 0 aliphatic heterocycles. The van der Waals surface area contributed by atoms with Crippen LogP contribution >= 0.6 is 11.6 Å². The van der Waals surface area contributed by atoms with E-state index in [2.05, 4.69) is 19.2 Å². The van der Waals surface area contributed by atoms with Gasteiger partial charge < -0.3 is 15.8 Å². The Labute approximate surface area is 158 Å². The molecule has 0 aliphatic rings. The maximum atomic E-state index is 12.4. The van der Waals surface area contributed by atoms with Crippen LogP contribution in [0.5, 0.6) is 5.75 Å². The van der Waals surface area contributed by atoms with Gasteiger partial charge in [0.05, 0.1) is 11.6 Å². The molecule has 0 aromatic heterocycles. The highest BCUT2D eigenvalue weighted by molar-refractivity contribution is 6.30. The molecule has 0 heterocycles. The fourth-order valence-corrected chi connectivity index (χ4v) is 2.80. The summed E-state index contributed by atoms with van der Waals surface area (Å²) in [4.78, 5) is 23.8. The number of carbonyl (C=O) groups is 2. The normalized spacial score (nSPS) is 11.8. The molecule has 2 aromatic rings. The number of carbonyl (C=O) groups excluding carboxylic acids is 2. The van der Waals surface area contributed by atoms with Crippen molar-refractivity contribution in [2.75, 3.05) is 6.61 Å². The third kappa shape index (κ3) is 5.77. The maximum absolute atomic E-state index is 12.4. The molecule has 0 radical (unpaired) electrons. The van der Waals surface area contributed by atoms with E-state index in [1.807, 2.05) is 30.3 Å². The van der Waals surface area contributed by atoms with Gasteiger partial charge in [-0.15, -0.1) is 0 Å². The number of ether oxygens (including phenoxy) is 1. The number of benzene rings is 2. The standard InChI is InChI=1S/C20H23ClN2O3/c1-13(2)10-17(14-6-4-3-5-7-14)23-19(24)12-26-18-11-15(21)8-9-16(18)20(22)25/h3-9,11,13,17H,10,12H2,1-2H3,(H2,22,25)(H,23,24). The number of halogens is 1. The molecule has 0 saturated carbocycles. The first-order valence-corrected chi connectivity index (χ1v) is 8.81. The van der Waals surface area contributed by atoms with Crippen molar-refractivity contribution >= 4 is 23.4 Å². The minimum Gasteiger partial charge on any atom is -0.483 e. The molecule has 1 unspecified atom stereocenters. The first kappa shape index (κ1) is 19.8. The predicted molar refractivity (Wildman–Crippen MR) is 102 cm³/mol. The highest BCUT2D eigenvalue weighted by Crippen LogP contribution is 2.24. The third-order valence-corrected chi connectivity index (χ3v) is 4.05. The number of nitrogens with two attached hydrogens (primary N) is 1. The summed E-state index contributed by atoms with van der Waals surface area (Å²) in [5, 5.41) is 3.38. The minimum atomic E-state index is -0.640. The van der Waals surface area contributed by atoms with Crippen LogP contribution in [0.2, 0.25) is 5.02 Å². The van der Waals surface area contributed by atoms with Crippen LogP contribution in [-0.4, -0.2) is 18.4 Å². The first-order valence-electron chi connectivity index (χ1n) is 8.43. The van der Waals surface area contributed by atoms with Gasteiger partial charge in [-0.3, -0.25) is 9.59 Å². The van der Waals surface area contributed by atoms with Crippen molar-refractivity contribution in [3.63, 3.8) is 0 Å². The lowest BCUT2D eigenvalue weighted by molar-refractivity contribution is -0.124. The molecular formula is C20H23ClN2O3. The minimum absolute atomic E-state index is 0.109. The molecule has 2 rings (SSSR count). The molecule has 0 bridgehead atoms. The lowest BCUT2D eigenvalue weighted by Gasteiger charge is -2.21. The Morgan fingerprint density at radius 3 is 2.46 bits per heavy atom. The van der Waals surface area contributed by atoms with E-state index in [0.717, 1.165) is 12.0 Å². The van der Waals surface area contributed by atoms with E-state index in [1.54, 1.807) is 6.07 Å². The molecule has 0 saturated heterocycles. The summed E-state index contributed by atoms with van der Waals surface area (Å²) < 4.78 is 5.49. The van der Waals surface area contributed by atoms with Gasteiger partial charge in [0.15, 0.2) is 6.61 Å². The van der Waals surface area contributed by atoms with Crippen LogP contribution in [0.25, 0.3) is 0 Å². The highest BCUT2D eigenvalue weighted by Gasteiger charge is 2.17. The lowest BCUT2D eigenvalue weighted by atomic mass is 9.97. The Hall–Kier alpha value is -2.53. The number of primary amides is 1. The van der Waals surface area contributed by atoms with Crippen molar-refractivity contribution in [3.8, 4) is 5.75 Å². The largest absolute Gasteiger partial charge is 0.483 e. The second-order valence-corrected chi connectivity index (χ2v) is 6.89. The molecule has 0 aliphatic carbocycles. The van der Waals surface area contributed by atoms with Crippen molar-refractivity contribution in [2.45, 2.75) is 26.3 Å². The molecule has 2 amide bonds. The van der Waals surface area contributed by atoms with Crippen LogP contribution in [0.15, 0.2) is 48.5 Å². The summed E-state index contributed by atoms with van der Waals surface area (Å²) in [6.45, 7) is 3.97. The summed E-state index contributed by atoms with van der Waals surface area (Å²) in [6.07, 6.45) is 0.805. The van der Waals surface area contributed by atoms with E-state index in [9.17, 15) is 9.59 Å². The van der Waals surface area contributed by atoms with Crippen molar-refractivity contribution in [2.24, 2.45) is 11.7 Å². The second kappa shape index (κ2) is 9.25. The van der Waals surface area contributed by atoms with E-state index in [0.29, 0.717) is 10.9 Å². The Morgan fingerprint density at radius 1 is 1.15 bits per heavy atom. The second-order valence-electron chi connectivity index (χ2n) is 6.45. The van der Waals surface area contributed by atoms with Gasteiger partial charge in [-0.25, -0.2) is 0 Å². The molecule has 26 heavy (non-hydrogen) atoms. The molecular weight excluding hydrogens is 352 g/mol. The highest BCUT2D eigenvalue weighted by atomic mass is 35.5. The fourth-order valence-electron chi connectivity index (χ4n) is 2.63. The van der Waals surface area contributed by atoms with Crippen LogP contribution in [0.4, 0.5) is 0 Å². The van der Waals surface area contributed by atoms with Crippen LogP contribution in [-0.2, 0) is 4.79 Å². The number of rotatable bonds is 8.